The van der Waals surface area contributed by atoms with E-state index in [2.05, 4.69) is 11.7 Å². The van der Waals surface area contributed by atoms with Crippen LogP contribution >= 0.6 is 0 Å². The number of carbonyl (C=O) groups is 1. The summed E-state index contributed by atoms with van der Waals surface area (Å²) in [5.74, 6) is -0.361. The minimum Gasteiger partial charge on any atom is -0.466 e. The maximum atomic E-state index is 10.8. The molecule has 0 rings (SSSR count). The van der Waals surface area contributed by atoms with Gasteiger partial charge >= 0.3 is 5.97 Å². The molecule has 0 aromatic rings. The minimum absolute atomic E-state index is 0.333. The molecule has 0 aliphatic heterocycles. The van der Waals surface area contributed by atoms with E-state index in [0.717, 1.165) is 12.8 Å². The molecule has 0 radical (unpaired) electrons. The largest absolute Gasteiger partial charge is 0.466 e. The zero-order valence-corrected chi connectivity index (χ0v) is 13.3. The van der Waals surface area contributed by atoms with E-state index in [1.807, 2.05) is 0 Å². The first-order chi connectivity index (χ1) is 9.70. The topological polar surface area (TPSA) is 46.5 Å². The summed E-state index contributed by atoms with van der Waals surface area (Å²) in [6.07, 6.45) is 15.7. The van der Waals surface area contributed by atoms with Crippen molar-refractivity contribution in [2.75, 3.05) is 7.11 Å². The summed E-state index contributed by atoms with van der Waals surface area (Å²) in [5, 5.41) is 9.73. The molecule has 1 N–H and O–H groups in total. The second-order valence-electron chi connectivity index (χ2n) is 5.43. The number of unbranched alkanes of at least 4 members (excludes halogenated alkanes) is 8. The quantitative estimate of drug-likeness (QED) is 0.310. The van der Waals surface area contributed by atoms with E-state index >= 15 is 0 Å². The number of rotatable bonds is 13. The lowest BCUT2D eigenvalue weighted by molar-refractivity contribution is -0.134. The number of ether oxygens (including phenoxy) is 1. The molecule has 0 aromatic heterocycles. The predicted octanol–water partition coefficient (Wildman–Crippen LogP) is 4.39. The molecule has 0 saturated carbocycles. The van der Waals surface area contributed by atoms with Crippen LogP contribution in [0.3, 0.4) is 0 Å². The highest BCUT2D eigenvalue weighted by Gasteiger charge is 2.02. The van der Waals surface area contributed by atoms with Gasteiger partial charge in [0.05, 0.1) is 13.2 Å². The average molecular weight is 284 g/mol. The maximum absolute atomic E-state index is 10.8. The first-order valence-electron chi connectivity index (χ1n) is 8.13. The molecule has 0 saturated heterocycles. The zero-order chi connectivity index (χ0) is 15.1. The van der Waals surface area contributed by atoms with Gasteiger partial charge in [0.1, 0.15) is 0 Å². The van der Waals surface area contributed by atoms with Crippen molar-refractivity contribution in [1.29, 1.82) is 0 Å². The maximum Gasteiger partial charge on any atom is 0.330 e. The second-order valence-corrected chi connectivity index (χ2v) is 5.43. The highest BCUT2D eigenvalue weighted by atomic mass is 16.5. The van der Waals surface area contributed by atoms with Gasteiger partial charge in [-0.3, -0.25) is 0 Å². The predicted molar refractivity (Wildman–Crippen MR) is 83.6 cm³/mol. The Hall–Kier alpha value is -0.830. The van der Waals surface area contributed by atoms with Gasteiger partial charge in [-0.1, -0.05) is 70.8 Å². The summed E-state index contributed by atoms with van der Waals surface area (Å²) in [6, 6.07) is 0. The van der Waals surface area contributed by atoms with E-state index in [-0.39, 0.29) is 12.1 Å². The van der Waals surface area contributed by atoms with E-state index in [9.17, 15) is 9.90 Å². The van der Waals surface area contributed by atoms with Crippen molar-refractivity contribution in [3.63, 3.8) is 0 Å². The summed E-state index contributed by atoms with van der Waals surface area (Å²) in [6.45, 7) is 2.24. The molecule has 0 bridgehead atoms. The molecular formula is C17H32O3. The molecule has 3 heteroatoms. The highest BCUT2D eigenvalue weighted by Crippen LogP contribution is 2.12. The fraction of sp³-hybridized carbons (Fsp3) is 0.824. The van der Waals surface area contributed by atoms with Crippen LogP contribution in [0.4, 0.5) is 0 Å². The number of hydrogen-bond donors (Lipinski definition) is 1. The third-order valence-electron chi connectivity index (χ3n) is 3.50. The molecule has 118 valence electrons. The van der Waals surface area contributed by atoms with Crippen molar-refractivity contribution in [1.82, 2.24) is 0 Å². The Balaban J connectivity index is 3.29. The number of esters is 1. The summed E-state index contributed by atoms with van der Waals surface area (Å²) in [4.78, 5) is 10.8. The van der Waals surface area contributed by atoms with Crippen LogP contribution in [0.2, 0.25) is 0 Å². The molecule has 3 nitrogen and oxygen atoms in total. The fourth-order valence-electron chi connectivity index (χ4n) is 2.20. The van der Waals surface area contributed by atoms with Crippen LogP contribution < -0.4 is 0 Å². The summed E-state index contributed by atoms with van der Waals surface area (Å²) in [5.41, 5.74) is 0. The van der Waals surface area contributed by atoms with Crippen LogP contribution in [-0.4, -0.2) is 24.3 Å². The van der Waals surface area contributed by atoms with Crippen LogP contribution in [0.1, 0.15) is 77.6 Å². The van der Waals surface area contributed by atoms with Crippen molar-refractivity contribution in [2.45, 2.75) is 83.7 Å². The average Bonchev–Trinajstić information content (AvgIpc) is 2.45. The first kappa shape index (κ1) is 19.2. The summed E-state index contributed by atoms with van der Waals surface area (Å²) in [7, 11) is 1.35. The van der Waals surface area contributed by atoms with E-state index in [0.29, 0.717) is 6.42 Å². The van der Waals surface area contributed by atoms with Crippen LogP contribution in [0.25, 0.3) is 0 Å². The van der Waals surface area contributed by atoms with Gasteiger partial charge in [-0.25, -0.2) is 4.79 Å². The normalized spacial score (nSPS) is 12.8. The number of methoxy groups -OCH3 is 1. The minimum atomic E-state index is -0.361. The van der Waals surface area contributed by atoms with Gasteiger partial charge in [0.15, 0.2) is 0 Å². The number of aliphatic hydroxyl groups is 1. The van der Waals surface area contributed by atoms with Crippen molar-refractivity contribution in [2.24, 2.45) is 0 Å². The molecule has 0 unspecified atom stereocenters. The van der Waals surface area contributed by atoms with Gasteiger partial charge < -0.3 is 9.84 Å². The Bertz CT molecular complexity index is 249. The molecule has 0 amide bonds. The first-order valence-corrected chi connectivity index (χ1v) is 8.13. The third kappa shape index (κ3) is 13.6. The molecule has 0 fully saturated rings. The Morgan fingerprint density at radius 2 is 1.60 bits per heavy atom. The van der Waals surface area contributed by atoms with Crippen molar-refractivity contribution in [3.05, 3.63) is 12.2 Å². The van der Waals surface area contributed by atoms with E-state index in [1.165, 1.54) is 64.6 Å². The highest BCUT2D eigenvalue weighted by molar-refractivity contribution is 5.81. The monoisotopic (exact) mass is 284 g/mol. The molecule has 0 aromatic carbocycles. The molecule has 0 aliphatic carbocycles. The Morgan fingerprint density at radius 3 is 2.15 bits per heavy atom. The van der Waals surface area contributed by atoms with E-state index < -0.39 is 0 Å². The second kappa shape index (κ2) is 14.6. The number of hydrogen-bond acceptors (Lipinski definition) is 3. The van der Waals surface area contributed by atoms with Crippen molar-refractivity contribution >= 4 is 5.97 Å². The standard InChI is InChI=1S/C17H32O3/c1-3-4-5-6-7-8-9-10-11-13-16(18)14-12-15-17(19)20-2/h12,15-16,18H,3-11,13-14H2,1-2H3/b15-12+/t16-/m0/s1. The number of aliphatic hydroxyl groups excluding tert-OH is 1. The molecule has 1 atom stereocenters. The van der Waals surface area contributed by atoms with Crippen LogP contribution in [0, 0.1) is 0 Å². The van der Waals surface area contributed by atoms with E-state index in [1.54, 1.807) is 6.08 Å². The summed E-state index contributed by atoms with van der Waals surface area (Å²) < 4.78 is 4.49. The van der Waals surface area contributed by atoms with Crippen LogP contribution in [-0.2, 0) is 9.53 Å². The molecule has 0 heterocycles. The zero-order valence-electron chi connectivity index (χ0n) is 13.3. The Morgan fingerprint density at radius 1 is 1.05 bits per heavy atom. The van der Waals surface area contributed by atoms with Gasteiger partial charge in [-0.05, 0) is 12.8 Å². The van der Waals surface area contributed by atoms with Gasteiger partial charge in [0, 0.05) is 6.08 Å². The lowest BCUT2D eigenvalue weighted by Crippen LogP contribution is -2.05. The lowest BCUT2D eigenvalue weighted by atomic mass is 10.0. The van der Waals surface area contributed by atoms with E-state index in [4.69, 9.17) is 0 Å². The van der Waals surface area contributed by atoms with Crippen molar-refractivity contribution < 1.29 is 14.6 Å². The molecule has 0 spiro atoms. The van der Waals surface area contributed by atoms with Crippen LogP contribution in [0.15, 0.2) is 12.2 Å². The lowest BCUT2D eigenvalue weighted by Gasteiger charge is -2.07. The van der Waals surface area contributed by atoms with Crippen LogP contribution in [0.5, 0.6) is 0 Å². The third-order valence-corrected chi connectivity index (χ3v) is 3.50. The van der Waals surface area contributed by atoms with Crippen molar-refractivity contribution in [3.8, 4) is 0 Å². The van der Waals surface area contributed by atoms with Gasteiger partial charge in [-0.2, -0.15) is 0 Å². The Labute approximate surface area is 124 Å². The molecule has 20 heavy (non-hydrogen) atoms. The van der Waals surface area contributed by atoms with Gasteiger partial charge in [-0.15, -0.1) is 0 Å². The molecular weight excluding hydrogens is 252 g/mol. The van der Waals surface area contributed by atoms with Gasteiger partial charge in [0.25, 0.3) is 0 Å². The fourth-order valence-corrected chi connectivity index (χ4v) is 2.20. The molecule has 0 aliphatic rings. The SMILES string of the molecule is CCCCCCCCCCC[C@H](O)C/C=C/C(=O)OC. The smallest absolute Gasteiger partial charge is 0.330 e. The Kier molecular flexibility index (Phi) is 14.0. The number of carbonyl (C=O) groups excluding carboxylic acids is 1. The van der Waals surface area contributed by atoms with Gasteiger partial charge in [0.2, 0.25) is 0 Å². The summed E-state index contributed by atoms with van der Waals surface area (Å²) >= 11 is 0.